The zero-order valence-corrected chi connectivity index (χ0v) is 13.9. The molecule has 0 bridgehead atoms. The van der Waals surface area contributed by atoms with Crippen LogP contribution in [0.15, 0.2) is 41.3 Å². The molecule has 1 aliphatic heterocycles. The predicted octanol–water partition coefficient (Wildman–Crippen LogP) is 2.63. The van der Waals surface area contributed by atoms with E-state index in [9.17, 15) is 18.5 Å². The van der Waals surface area contributed by atoms with Crippen LogP contribution in [-0.4, -0.2) is 19.9 Å². The van der Waals surface area contributed by atoms with E-state index in [2.05, 4.69) is 0 Å². The SMILES string of the molecule is Cc1ccc(N)c2c1N(S(=O)(=O)c1ccc([N+](=O)[O-])cc1)CCC2. The van der Waals surface area contributed by atoms with Gasteiger partial charge in [0.15, 0.2) is 0 Å². The summed E-state index contributed by atoms with van der Waals surface area (Å²) < 4.78 is 27.4. The molecule has 2 aromatic carbocycles. The van der Waals surface area contributed by atoms with Crippen LogP contribution in [0.2, 0.25) is 0 Å². The van der Waals surface area contributed by atoms with Gasteiger partial charge in [-0.3, -0.25) is 14.4 Å². The molecule has 0 saturated heterocycles. The summed E-state index contributed by atoms with van der Waals surface area (Å²) in [5, 5.41) is 10.7. The average Bonchev–Trinajstić information content (AvgIpc) is 2.58. The number of hydrogen-bond acceptors (Lipinski definition) is 5. The minimum atomic E-state index is -3.80. The Hall–Kier alpha value is -2.61. The molecule has 3 rings (SSSR count). The van der Waals surface area contributed by atoms with Gasteiger partial charge in [-0.25, -0.2) is 8.42 Å². The van der Waals surface area contributed by atoms with Crippen molar-refractivity contribution in [1.29, 1.82) is 0 Å². The van der Waals surface area contributed by atoms with Crippen LogP contribution < -0.4 is 10.0 Å². The minimum Gasteiger partial charge on any atom is -0.398 e. The van der Waals surface area contributed by atoms with Crippen molar-refractivity contribution in [2.45, 2.75) is 24.7 Å². The molecule has 0 saturated carbocycles. The van der Waals surface area contributed by atoms with Crippen LogP contribution in [0.1, 0.15) is 17.5 Å². The number of hydrogen-bond donors (Lipinski definition) is 1. The van der Waals surface area contributed by atoms with Crippen molar-refractivity contribution in [2.75, 3.05) is 16.6 Å². The monoisotopic (exact) mass is 347 g/mol. The molecule has 2 aromatic rings. The number of non-ortho nitro benzene ring substituents is 1. The van der Waals surface area contributed by atoms with E-state index in [1.54, 1.807) is 12.1 Å². The summed E-state index contributed by atoms with van der Waals surface area (Å²) in [6.07, 6.45) is 1.40. The number of nitro groups is 1. The second-order valence-electron chi connectivity index (χ2n) is 5.73. The predicted molar refractivity (Wildman–Crippen MR) is 91.5 cm³/mol. The number of aryl methyl sites for hydroxylation is 1. The Morgan fingerprint density at radius 3 is 2.46 bits per heavy atom. The summed E-state index contributed by atoms with van der Waals surface area (Å²) in [6, 6.07) is 8.52. The molecule has 8 heteroatoms. The van der Waals surface area contributed by atoms with Crippen LogP contribution in [0.5, 0.6) is 0 Å². The Bertz CT molecular complexity index is 908. The lowest BCUT2D eigenvalue weighted by Gasteiger charge is -2.32. The average molecular weight is 347 g/mol. The number of nitrogen functional groups attached to an aromatic ring is 1. The molecule has 0 radical (unpaired) electrons. The summed E-state index contributed by atoms with van der Waals surface area (Å²) in [5.41, 5.74) is 8.75. The zero-order valence-electron chi connectivity index (χ0n) is 13.1. The Morgan fingerprint density at radius 2 is 1.83 bits per heavy atom. The molecule has 0 spiro atoms. The Labute approximate surface area is 139 Å². The number of fused-ring (bicyclic) bond motifs is 1. The quantitative estimate of drug-likeness (QED) is 0.522. The number of nitrogens with two attached hydrogens (primary N) is 1. The maximum Gasteiger partial charge on any atom is 0.269 e. The van der Waals surface area contributed by atoms with E-state index < -0.39 is 14.9 Å². The van der Waals surface area contributed by atoms with Gasteiger partial charge in [0.1, 0.15) is 0 Å². The van der Waals surface area contributed by atoms with Gasteiger partial charge in [-0.05, 0) is 49.1 Å². The van der Waals surface area contributed by atoms with E-state index in [4.69, 9.17) is 5.73 Å². The van der Waals surface area contributed by atoms with E-state index in [-0.39, 0.29) is 10.6 Å². The first-order valence-corrected chi connectivity index (χ1v) is 8.91. The number of benzene rings is 2. The summed E-state index contributed by atoms with van der Waals surface area (Å²) in [5.74, 6) is 0. The van der Waals surface area contributed by atoms with E-state index in [0.29, 0.717) is 24.3 Å². The van der Waals surface area contributed by atoms with Crippen molar-refractivity contribution in [3.63, 3.8) is 0 Å². The highest BCUT2D eigenvalue weighted by atomic mass is 32.2. The van der Waals surface area contributed by atoms with Gasteiger partial charge < -0.3 is 5.73 Å². The molecule has 0 fully saturated rings. The van der Waals surface area contributed by atoms with Crippen LogP contribution in [0.3, 0.4) is 0 Å². The van der Waals surface area contributed by atoms with E-state index in [1.807, 2.05) is 6.92 Å². The lowest BCUT2D eigenvalue weighted by Crippen LogP contribution is -2.36. The molecule has 2 N–H and O–H groups in total. The fourth-order valence-electron chi connectivity index (χ4n) is 3.00. The minimum absolute atomic E-state index is 0.0303. The van der Waals surface area contributed by atoms with Crippen LogP contribution in [0.25, 0.3) is 0 Å². The number of rotatable bonds is 3. The molecule has 1 heterocycles. The fraction of sp³-hybridized carbons (Fsp3) is 0.250. The van der Waals surface area contributed by atoms with Crippen molar-refractivity contribution in [3.8, 4) is 0 Å². The lowest BCUT2D eigenvalue weighted by atomic mass is 9.98. The van der Waals surface area contributed by atoms with Gasteiger partial charge in [0.05, 0.1) is 15.5 Å². The second kappa shape index (κ2) is 5.79. The molecule has 1 aliphatic rings. The largest absolute Gasteiger partial charge is 0.398 e. The fourth-order valence-corrected chi connectivity index (χ4v) is 4.60. The van der Waals surface area contributed by atoms with Gasteiger partial charge in [-0.1, -0.05) is 6.07 Å². The molecule has 0 aliphatic carbocycles. The van der Waals surface area contributed by atoms with Crippen molar-refractivity contribution in [1.82, 2.24) is 0 Å². The zero-order chi connectivity index (χ0) is 17.5. The summed E-state index contributed by atoms with van der Waals surface area (Å²) >= 11 is 0. The number of nitro benzene ring substituents is 1. The third kappa shape index (κ3) is 2.58. The van der Waals surface area contributed by atoms with Gasteiger partial charge in [0.2, 0.25) is 0 Å². The summed E-state index contributed by atoms with van der Waals surface area (Å²) in [4.78, 5) is 10.2. The van der Waals surface area contributed by atoms with Crippen LogP contribution >= 0.6 is 0 Å². The number of nitrogens with zero attached hydrogens (tertiary/aromatic N) is 2. The van der Waals surface area contributed by atoms with Gasteiger partial charge in [-0.2, -0.15) is 0 Å². The van der Waals surface area contributed by atoms with Gasteiger partial charge in [0, 0.05) is 24.4 Å². The second-order valence-corrected chi connectivity index (χ2v) is 7.59. The van der Waals surface area contributed by atoms with Gasteiger partial charge in [0.25, 0.3) is 15.7 Å². The van der Waals surface area contributed by atoms with Crippen molar-refractivity contribution >= 4 is 27.1 Å². The van der Waals surface area contributed by atoms with Crippen LogP contribution in [0.4, 0.5) is 17.1 Å². The maximum absolute atomic E-state index is 13.0. The first-order chi connectivity index (χ1) is 11.3. The molecule has 0 atom stereocenters. The maximum atomic E-state index is 13.0. The standard InChI is InChI=1S/C16H17N3O4S/c1-11-4-9-15(17)14-3-2-10-18(16(11)14)24(22,23)13-7-5-12(6-8-13)19(20)21/h4-9H,2-3,10,17H2,1H3. The molecular formula is C16H17N3O4S. The van der Waals surface area contributed by atoms with Crippen molar-refractivity contribution in [3.05, 3.63) is 57.6 Å². The molecule has 0 amide bonds. The third-order valence-corrected chi connectivity index (χ3v) is 6.01. The highest BCUT2D eigenvalue weighted by Gasteiger charge is 2.31. The third-order valence-electron chi connectivity index (χ3n) is 4.19. The van der Waals surface area contributed by atoms with Gasteiger partial charge >= 0.3 is 0 Å². The topological polar surface area (TPSA) is 107 Å². The molecule has 0 aromatic heterocycles. The van der Waals surface area contributed by atoms with Crippen LogP contribution in [-0.2, 0) is 16.4 Å². The lowest BCUT2D eigenvalue weighted by molar-refractivity contribution is -0.384. The van der Waals surface area contributed by atoms with Gasteiger partial charge in [-0.15, -0.1) is 0 Å². The first-order valence-electron chi connectivity index (χ1n) is 7.47. The van der Waals surface area contributed by atoms with E-state index in [0.717, 1.165) is 17.5 Å². The van der Waals surface area contributed by atoms with E-state index in [1.165, 1.54) is 28.6 Å². The molecule has 7 nitrogen and oxygen atoms in total. The van der Waals surface area contributed by atoms with Crippen molar-refractivity contribution < 1.29 is 13.3 Å². The first kappa shape index (κ1) is 16.3. The Balaban J connectivity index is 2.09. The number of anilines is 2. The smallest absolute Gasteiger partial charge is 0.269 e. The van der Waals surface area contributed by atoms with Crippen LogP contribution in [0, 0.1) is 17.0 Å². The molecule has 24 heavy (non-hydrogen) atoms. The molecular weight excluding hydrogens is 330 g/mol. The Morgan fingerprint density at radius 1 is 1.17 bits per heavy atom. The molecule has 126 valence electrons. The summed E-state index contributed by atoms with van der Waals surface area (Å²) in [7, 11) is -3.80. The van der Waals surface area contributed by atoms with Crippen molar-refractivity contribution in [2.24, 2.45) is 0 Å². The normalized spacial score (nSPS) is 14.3. The highest BCUT2D eigenvalue weighted by Crippen LogP contribution is 2.37. The number of sulfonamides is 1. The van der Waals surface area contributed by atoms with E-state index >= 15 is 0 Å². The molecule has 0 unspecified atom stereocenters. The Kier molecular flexibility index (Phi) is 3.92. The summed E-state index contributed by atoms with van der Waals surface area (Å²) in [6.45, 7) is 2.21. The highest BCUT2D eigenvalue weighted by molar-refractivity contribution is 7.92.